The van der Waals surface area contributed by atoms with Crippen LogP contribution in [0.3, 0.4) is 0 Å². The standard InChI is InChI=1S/C27H23BrClF3N2O5S/c1-5-38-25(36)20-21(15-6-8-16(29)9-7-15)34-24(35)19(40-26(34)33-23(20)27(30,31)32)12-14-10-17(28)22(39-13(2)3)18(11-14)37-4/h6-13,21H,5H2,1-4H3/b19-12-/t21-/m0/s1. The molecule has 0 saturated carbocycles. The van der Waals surface area contributed by atoms with Crippen molar-refractivity contribution < 1.29 is 32.2 Å². The predicted octanol–water partition coefficient (Wildman–Crippen LogP) is 5.55. The molecule has 0 spiro atoms. The first-order chi connectivity index (χ1) is 18.8. The van der Waals surface area contributed by atoms with E-state index in [9.17, 15) is 22.8 Å². The van der Waals surface area contributed by atoms with Gasteiger partial charge in [-0.3, -0.25) is 9.36 Å². The minimum atomic E-state index is -4.99. The summed E-state index contributed by atoms with van der Waals surface area (Å²) in [5.74, 6) is -0.361. The number of carbonyl (C=O) groups is 1. The summed E-state index contributed by atoms with van der Waals surface area (Å²) < 4.78 is 60.7. The van der Waals surface area contributed by atoms with Crippen LogP contribution in [0.2, 0.25) is 5.02 Å². The van der Waals surface area contributed by atoms with Crippen LogP contribution >= 0.6 is 38.9 Å². The topological polar surface area (TPSA) is 79.1 Å². The van der Waals surface area contributed by atoms with Gasteiger partial charge in [0.1, 0.15) is 0 Å². The van der Waals surface area contributed by atoms with Crippen molar-refractivity contribution in [3.63, 3.8) is 0 Å². The highest BCUT2D eigenvalue weighted by Gasteiger charge is 2.45. The van der Waals surface area contributed by atoms with E-state index in [4.69, 9.17) is 25.8 Å². The van der Waals surface area contributed by atoms with Gasteiger partial charge in [-0.15, -0.1) is 0 Å². The molecule has 0 radical (unpaired) electrons. The predicted molar refractivity (Wildman–Crippen MR) is 149 cm³/mol. The Morgan fingerprint density at radius 3 is 2.50 bits per heavy atom. The monoisotopic (exact) mass is 658 g/mol. The summed E-state index contributed by atoms with van der Waals surface area (Å²) in [6, 6.07) is 7.73. The largest absolute Gasteiger partial charge is 0.493 e. The molecule has 0 bridgehead atoms. The molecule has 4 rings (SSSR count). The highest BCUT2D eigenvalue weighted by atomic mass is 79.9. The fraction of sp³-hybridized carbons (Fsp3) is 0.296. The third-order valence-electron chi connectivity index (χ3n) is 5.68. The van der Waals surface area contributed by atoms with Crippen LogP contribution in [0.5, 0.6) is 11.5 Å². The number of hydrogen-bond acceptors (Lipinski definition) is 7. The minimum Gasteiger partial charge on any atom is -0.493 e. The number of esters is 1. The van der Waals surface area contributed by atoms with E-state index >= 15 is 0 Å². The van der Waals surface area contributed by atoms with Crippen LogP contribution in [0.4, 0.5) is 13.2 Å². The van der Waals surface area contributed by atoms with Gasteiger partial charge in [0.2, 0.25) is 0 Å². The Morgan fingerprint density at radius 1 is 1.25 bits per heavy atom. The molecule has 0 fully saturated rings. The molecule has 3 aromatic rings. The zero-order valence-corrected chi connectivity index (χ0v) is 24.8. The van der Waals surface area contributed by atoms with Gasteiger partial charge < -0.3 is 14.2 Å². The normalized spacial score (nSPS) is 15.7. The van der Waals surface area contributed by atoms with Gasteiger partial charge in [-0.05, 0) is 78.2 Å². The molecule has 13 heteroatoms. The van der Waals surface area contributed by atoms with Crippen LogP contribution in [0.1, 0.15) is 37.9 Å². The summed E-state index contributed by atoms with van der Waals surface area (Å²) in [6.07, 6.45) is -3.62. The average molecular weight is 660 g/mol. The van der Waals surface area contributed by atoms with Crippen molar-refractivity contribution in [1.29, 1.82) is 0 Å². The van der Waals surface area contributed by atoms with Crippen LogP contribution in [0, 0.1) is 0 Å². The number of alkyl halides is 3. The van der Waals surface area contributed by atoms with Crippen molar-refractivity contribution in [3.8, 4) is 11.5 Å². The van der Waals surface area contributed by atoms with Gasteiger partial charge in [0.25, 0.3) is 5.56 Å². The summed E-state index contributed by atoms with van der Waals surface area (Å²) >= 11 is 10.2. The van der Waals surface area contributed by atoms with Crippen molar-refractivity contribution >= 4 is 50.9 Å². The molecular formula is C27H23BrClF3N2O5S. The smallest absolute Gasteiger partial charge is 0.434 e. The van der Waals surface area contributed by atoms with Crippen LogP contribution < -0.4 is 24.4 Å². The van der Waals surface area contributed by atoms with Gasteiger partial charge in [-0.2, -0.15) is 13.2 Å². The van der Waals surface area contributed by atoms with Crippen LogP contribution in [-0.2, 0) is 9.53 Å². The first kappa shape index (κ1) is 29.9. The Balaban J connectivity index is 2.00. The molecule has 40 heavy (non-hydrogen) atoms. The van der Waals surface area contributed by atoms with Crippen molar-refractivity contribution in [2.24, 2.45) is 4.99 Å². The molecule has 0 saturated heterocycles. The van der Waals surface area contributed by atoms with Gasteiger partial charge in [-0.25, -0.2) is 9.79 Å². The number of halogens is 5. The number of hydrogen-bond donors (Lipinski definition) is 0. The van der Waals surface area contributed by atoms with Crippen molar-refractivity contribution in [3.05, 3.63) is 88.0 Å². The van der Waals surface area contributed by atoms with Gasteiger partial charge in [0, 0.05) is 5.02 Å². The molecule has 0 amide bonds. The maximum atomic E-state index is 14.2. The number of thiazole rings is 1. The Bertz CT molecular complexity index is 1660. The molecule has 2 aromatic carbocycles. The highest BCUT2D eigenvalue weighted by Crippen LogP contribution is 2.39. The Morgan fingerprint density at radius 2 is 1.93 bits per heavy atom. The Hall–Kier alpha value is -3.09. The van der Waals surface area contributed by atoms with E-state index in [1.807, 2.05) is 13.8 Å². The molecule has 0 N–H and O–H groups in total. The summed E-state index contributed by atoms with van der Waals surface area (Å²) in [6.45, 7) is 5.02. The number of allylic oxidation sites excluding steroid dienone is 1. The summed E-state index contributed by atoms with van der Waals surface area (Å²) in [4.78, 5) is 30.2. The maximum absolute atomic E-state index is 14.2. The van der Waals surface area contributed by atoms with E-state index in [2.05, 4.69) is 20.9 Å². The number of ether oxygens (including phenoxy) is 3. The van der Waals surface area contributed by atoms with E-state index in [-0.39, 0.29) is 27.6 Å². The van der Waals surface area contributed by atoms with E-state index < -0.39 is 35.0 Å². The molecule has 2 heterocycles. The Labute approximate surface area is 244 Å². The first-order valence-electron chi connectivity index (χ1n) is 12.0. The molecule has 7 nitrogen and oxygen atoms in total. The molecule has 1 aliphatic rings. The third-order valence-corrected chi connectivity index (χ3v) is 7.51. The van der Waals surface area contributed by atoms with E-state index in [1.54, 1.807) is 12.1 Å². The van der Waals surface area contributed by atoms with Crippen LogP contribution in [-0.4, -0.2) is 36.5 Å². The lowest BCUT2D eigenvalue weighted by Gasteiger charge is -2.26. The number of carbonyl (C=O) groups excluding carboxylic acids is 1. The maximum Gasteiger partial charge on any atom is 0.434 e. The quantitative estimate of drug-likeness (QED) is 0.311. The van der Waals surface area contributed by atoms with Gasteiger partial charge in [0.05, 0.1) is 40.4 Å². The zero-order valence-electron chi connectivity index (χ0n) is 21.6. The SMILES string of the molecule is CCOC(=O)C1=C(C(F)(F)F)N=c2s/c(=C\c3cc(Br)c(OC(C)C)c(OC)c3)c(=O)n2[C@H]1c1ccc(Cl)cc1. The van der Waals surface area contributed by atoms with E-state index in [0.29, 0.717) is 26.6 Å². The number of benzene rings is 2. The van der Waals surface area contributed by atoms with Crippen LogP contribution in [0.15, 0.2) is 61.9 Å². The molecule has 1 aromatic heterocycles. The van der Waals surface area contributed by atoms with Gasteiger partial charge in [-0.1, -0.05) is 35.1 Å². The van der Waals surface area contributed by atoms with Crippen molar-refractivity contribution in [2.75, 3.05) is 13.7 Å². The van der Waals surface area contributed by atoms with Crippen LogP contribution in [0.25, 0.3) is 6.08 Å². The lowest BCUT2D eigenvalue weighted by atomic mass is 9.95. The Kier molecular flexibility index (Phi) is 8.81. The third kappa shape index (κ3) is 5.98. The van der Waals surface area contributed by atoms with Crippen molar-refractivity contribution in [1.82, 2.24) is 4.57 Å². The first-order valence-corrected chi connectivity index (χ1v) is 13.9. The van der Waals surface area contributed by atoms with E-state index in [1.165, 1.54) is 44.4 Å². The summed E-state index contributed by atoms with van der Waals surface area (Å²) in [7, 11) is 1.47. The fourth-order valence-corrected chi connectivity index (χ4v) is 5.81. The second-order valence-corrected chi connectivity index (χ2v) is 11.1. The number of fused-ring (bicyclic) bond motifs is 1. The number of aromatic nitrogens is 1. The molecule has 212 valence electrons. The zero-order chi connectivity index (χ0) is 29.4. The molecule has 1 aliphatic heterocycles. The molecule has 0 unspecified atom stereocenters. The lowest BCUT2D eigenvalue weighted by Crippen LogP contribution is -2.41. The minimum absolute atomic E-state index is 0.0934. The van der Waals surface area contributed by atoms with Gasteiger partial charge in [0.15, 0.2) is 22.0 Å². The lowest BCUT2D eigenvalue weighted by molar-refractivity contribution is -0.140. The fourth-order valence-electron chi connectivity index (χ4n) is 4.13. The molecule has 0 aliphatic carbocycles. The number of methoxy groups -OCH3 is 1. The second-order valence-electron chi connectivity index (χ2n) is 8.82. The molecule has 1 atom stereocenters. The highest BCUT2D eigenvalue weighted by molar-refractivity contribution is 9.10. The molecular weight excluding hydrogens is 637 g/mol. The number of nitrogens with zero attached hydrogens (tertiary/aromatic N) is 2. The second kappa shape index (κ2) is 11.8. The van der Waals surface area contributed by atoms with Gasteiger partial charge >= 0.3 is 12.1 Å². The van der Waals surface area contributed by atoms with E-state index in [0.717, 1.165) is 15.9 Å². The number of rotatable bonds is 7. The summed E-state index contributed by atoms with van der Waals surface area (Å²) in [5.41, 5.74) is -2.08. The summed E-state index contributed by atoms with van der Waals surface area (Å²) in [5, 5.41) is 0.332. The average Bonchev–Trinajstić information content (AvgIpc) is 3.19. The van der Waals surface area contributed by atoms with Crippen molar-refractivity contribution in [2.45, 2.75) is 39.1 Å².